The van der Waals surface area contributed by atoms with Crippen molar-refractivity contribution in [2.24, 2.45) is 0 Å². The van der Waals surface area contributed by atoms with E-state index in [1.165, 1.54) is 6.20 Å². The lowest BCUT2D eigenvalue weighted by Gasteiger charge is -2.35. The monoisotopic (exact) mass is 456 g/mol. The quantitative estimate of drug-likeness (QED) is 0.419. The summed E-state index contributed by atoms with van der Waals surface area (Å²) in [5.74, 6) is 0.990. The number of para-hydroxylation sites is 1. The van der Waals surface area contributed by atoms with Crippen molar-refractivity contribution in [3.63, 3.8) is 0 Å². The molecule has 8 heteroatoms. The van der Waals surface area contributed by atoms with Crippen LogP contribution in [-0.4, -0.2) is 59.5 Å². The van der Waals surface area contributed by atoms with E-state index in [-0.39, 0.29) is 11.9 Å². The van der Waals surface area contributed by atoms with E-state index in [2.05, 4.69) is 14.9 Å². The van der Waals surface area contributed by atoms with Gasteiger partial charge in [0.1, 0.15) is 11.5 Å². The van der Waals surface area contributed by atoms with Crippen molar-refractivity contribution in [2.75, 3.05) is 37.7 Å². The number of hydrogen-bond acceptors (Lipinski definition) is 7. The number of esters is 1. The summed E-state index contributed by atoms with van der Waals surface area (Å²) in [4.78, 5) is 38.4. The van der Waals surface area contributed by atoms with Gasteiger partial charge in [0, 0.05) is 37.8 Å². The van der Waals surface area contributed by atoms with Gasteiger partial charge in [-0.1, -0.05) is 18.2 Å². The third-order valence-corrected chi connectivity index (χ3v) is 5.87. The number of hydrogen-bond donors (Lipinski definition) is 0. The lowest BCUT2D eigenvalue weighted by Crippen LogP contribution is -2.49. The summed E-state index contributed by atoms with van der Waals surface area (Å²) < 4.78 is 10.5. The summed E-state index contributed by atoms with van der Waals surface area (Å²) in [6.07, 6.45) is 3.13. The molecule has 1 fully saturated rings. The number of aromatic nitrogens is 2. The minimum Gasteiger partial charge on any atom is -0.463 e. The predicted octanol–water partition coefficient (Wildman–Crippen LogP) is 4.03. The van der Waals surface area contributed by atoms with Crippen LogP contribution in [0, 0.1) is 0 Å². The molecule has 0 unspecified atom stereocenters. The van der Waals surface area contributed by atoms with Crippen molar-refractivity contribution >= 4 is 28.6 Å². The molecule has 0 radical (unpaired) electrons. The maximum Gasteiger partial charge on any atom is 0.339 e. The highest BCUT2D eigenvalue weighted by Crippen LogP contribution is 2.27. The van der Waals surface area contributed by atoms with E-state index < -0.39 is 0 Å². The number of furan rings is 1. The Bertz CT molecular complexity index is 1310. The van der Waals surface area contributed by atoms with Crippen LogP contribution in [0.25, 0.3) is 22.4 Å². The van der Waals surface area contributed by atoms with E-state index in [0.717, 1.165) is 16.7 Å². The molecular weight excluding hydrogens is 432 g/mol. The Morgan fingerprint density at radius 2 is 1.85 bits per heavy atom. The lowest BCUT2D eigenvalue weighted by atomic mass is 10.0. The van der Waals surface area contributed by atoms with Crippen LogP contribution in [0.5, 0.6) is 0 Å². The smallest absolute Gasteiger partial charge is 0.339 e. The molecule has 4 aromatic rings. The molecule has 0 atom stereocenters. The highest BCUT2D eigenvalue weighted by atomic mass is 16.5. The van der Waals surface area contributed by atoms with Gasteiger partial charge in [-0.25, -0.2) is 14.8 Å². The Balaban J connectivity index is 1.33. The molecule has 0 N–H and O–H groups in total. The lowest BCUT2D eigenvalue weighted by molar-refractivity contribution is 0.0525. The zero-order valence-electron chi connectivity index (χ0n) is 18.8. The van der Waals surface area contributed by atoms with Gasteiger partial charge in [0.25, 0.3) is 5.91 Å². The number of anilines is 1. The van der Waals surface area contributed by atoms with Crippen molar-refractivity contribution in [3.05, 3.63) is 78.2 Å². The van der Waals surface area contributed by atoms with Gasteiger partial charge in [-0.3, -0.25) is 4.79 Å². The molecule has 3 aromatic heterocycles. The first-order valence-corrected chi connectivity index (χ1v) is 11.2. The summed E-state index contributed by atoms with van der Waals surface area (Å²) in [5.41, 5.74) is 2.43. The number of benzene rings is 1. The second-order valence-corrected chi connectivity index (χ2v) is 7.95. The van der Waals surface area contributed by atoms with E-state index in [0.29, 0.717) is 55.4 Å². The number of fused-ring (bicyclic) bond motifs is 1. The minimum absolute atomic E-state index is 0.0309. The van der Waals surface area contributed by atoms with Crippen LogP contribution in [0.15, 0.2) is 71.5 Å². The summed E-state index contributed by atoms with van der Waals surface area (Å²) in [7, 11) is 0. The Morgan fingerprint density at radius 3 is 2.56 bits per heavy atom. The van der Waals surface area contributed by atoms with E-state index in [4.69, 9.17) is 9.15 Å². The van der Waals surface area contributed by atoms with Crippen molar-refractivity contribution in [1.29, 1.82) is 0 Å². The van der Waals surface area contributed by atoms with Crippen molar-refractivity contribution < 1.29 is 18.7 Å². The Kier molecular flexibility index (Phi) is 5.95. The van der Waals surface area contributed by atoms with Crippen LogP contribution in [0.2, 0.25) is 0 Å². The Hall–Kier alpha value is -4.20. The van der Waals surface area contributed by atoms with Crippen molar-refractivity contribution in [2.45, 2.75) is 6.92 Å². The first-order valence-electron chi connectivity index (χ1n) is 11.2. The molecule has 1 amide bonds. The number of ether oxygens (including phenoxy) is 1. The van der Waals surface area contributed by atoms with Crippen LogP contribution in [0.1, 0.15) is 27.6 Å². The van der Waals surface area contributed by atoms with Gasteiger partial charge in [0.2, 0.25) is 0 Å². The van der Waals surface area contributed by atoms with E-state index in [1.54, 1.807) is 25.3 Å². The van der Waals surface area contributed by atoms with E-state index in [1.807, 2.05) is 47.4 Å². The van der Waals surface area contributed by atoms with Crippen LogP contribution in [0.4, 0.5) is 5.82 Å². The molecule has 1 aliphatic rings. The molecular formula is C26H24N4O4. The summed E-state index contributed by atoms with van der Waals surface area (Å²) >= 11 is 0. The Labute approximate surface area is 196 Å². The second kappa shape index (κ2) is 9.35. The van der Waals surface area contributed by atoms with E-state index >= 15 is 0 Å². The molecule has 0 saturated carbocycles. The largest absolute Gasteiger partial charge is 0.463 e. The van der Waals surface area contributed by atoms with Crippen molar-refractivity contribution in [1.82, 2.24) is 14.9 Å². The molecule has 8 nitrogen and oxygen atoms in total. The zero-order chi connectivity index (χ0) is 23.5. The molecule has 1 saturated heterocycles. The normalized spacial score (nSPS) is 13.8. The molecule has 34 heavy (non-hydrogen) atoms. The average Bonchev–Trinajstić information content (AvgIpc) is 3.43. The maximum atomic E-state index is 13.5. The highest BCUT2D eigenvalue weighted by molar-refractivity contribution is 6.07. The van der Waals surface area contributed by atoms with Gasteiger partial charge in [-0.05, 0) is 43.3 Å². The Morgan fingerprint density at radius 1 is 1.03 bits per heavy atom. The maximum absolute atomic E-state index is 13.5. The molecule has 0 spiro atoms. The first-order chi connectivity index (χ1) is 16.6. The topological polar surface area (TPSA) is 88.8 Å². The number of rotatable bonds is 5. The summed E-state index contributed by atoms with van der Waals surface area (Å²) in [6.45, 7) is 4.51. The highest BCUT2D eigenvalue weighted by Gasteiger charge is 2.25. The minimum atomic E-state index is -0.379. The average molecular weight is 457 g/mol. The molecule has 0 bridgehead atoms. The van der Waals surface area contributed by atoms with Crippen LogP contribution >= 0.6 is 0 Å². The van der Waals surface area contributed by atoms with Gasteiger partial charge < -0.3 is 19.0 Å². The summed E-state index contributed by atoms with van der Waals surface area (Å²) in [6, 6.07) is 16.6. The molecule has 1 aromatic carbocycles. The van der Waals surface area contributed by atoms with Crippen LogP contribution in [0.3, 0.4) is 0 Å². The van der Waals surface area contributed by atoms with Gasteiger partial charge in [-0.2, -0.15) is 0 Å². The van der Waals surface area contributed by atoms with E-state index in [9.17, 15) is 9.59 Å². The SMILES string of the molecule is CCOC(=O)c1ccc(N2CCN(C(=O)c3cc(-c4ccco4)nc4ccccc34)CC2)nc1. The molecule has 4 heterocycles. The van der Waals surface area contributed by atoms with Gasteiger partial charge >= 0.3 is 5.97 Å². The molecule has 5 rings (SSSR count). The van der Waals surface area contributed by atoms with Gasteiger partial charge in [0.05, 0.1) is 29.5 Å². The number of nitrogens with zero attached hydrogens (tertiary/aromatic N) is 4. The fourth-order valence-electron chi connectivity index (χ4n) is 4.12. The first kappa shape index (κ1) is 21.6. The standard InChI is InChI=1S/C26H24N4O4/c1-2-33-26(32)18-9-10-24(27-17-18)29-11-13-30(14-12-29)25(31)20-16-22(23-8-5-15-34-23)28-21-7-4-3-6-19(20)21/h3-10,15-17H,2,11-14H2,1H3. The number of pyridine rings is 2. The van der Waals surface area contributed by atoms with Crippen LogP contribution < -0.4 is 4.90 Å². The fraction of sp³-hybridized carbons (Fsp3) is 0.231. The third kappa shape index (κ3) is 4.22. The van der Waals surface area contributed by atoms with Gasteiger partial charge in [0.15, 0.2) is 5.76 Å². The van der Waals surface area contributed by atoms with Crippen LogP contribution in [-0.2, 0) is 4.74 Å². The fourth-order valence-corrected chi connectivity index (χ4v) is 4.12. The number of carbonyl (C=O) groups is 2. The predicted molar refractivity (Wildman–Crippen MR) is 128 cm³/mol. The molecule has 0 aliphatic carbocycles. The summed E-state index contributed by atoms with van der Waals surface area (Å²) in [5, 5.41) is 0.821. The van der Waals surface area contributed by atoms with Gasteiger partial charge in [-0.15, -0.1) is 0 Å². The number of carbonyl (C=O) groups excluding carboxylic acids is 2. The number of amides is 1. The zero-order valence-corrected chi connectivity index (χ0v) is 18.8. The second-order valence-electron chi connectivity index (χ2n) is 7.95. The number of piperazine rings is 1. The third-order valence-electron chi connectivity index (χ3n) is 5.87. The van der Waals surface area contributed by atoms with Crippen molar-refractivity contribution in [3.8, 4) is 11.5 Å². The molecule has 1 aliphatic heterocycles. The molecule has 172 valence electrons.